The minimum absolute atomic E-state index is 0.0971. The molecule has 0 aromatic heterocycles. The molecule has 2 aromatic carbocycles. The van der Waals surface area contributed by atoms with Gasteiger partial charge in [0.2, 0.25) is 10.0 Å². The van der Waals surface area contributed by atoms with E-state index in [1.165, 1.54) is 35.6 Å². The molecule has 0 bridgehead atoms. The Morgan fingerprint density at radius 3 is 2.31 bits per heavy atom. The third-order valence-corrected chi connectivity index (χ3v) is 6.67. The van der Waals surface area contributed by atoms with Crippen LogP contribution in [0.25, 0.3) is 0 Å². The fourth-order valence-electron chi connectivity index (χ4n) is 2.91. The highest BCUT2D eigenvalue weighted by atomic mass is 32.2. The monoisotopic (exact) mass is 416 g/mol. The number of nitrogens with one attached hydrogen (secondary N) is 1. The number of esters is 1. The first-order valence-corrected chi connectivity index (χ1v) is 10.8. The SMILES string of the molecule is C[C@@H]1C[C@@H]1C(=O)OCC(=O)Nc1ccc(S(=O)(=O)N(C)Cc2ccccc2)cc1. The van der Waals surface area contributed by atoms with E-state index >= 15 is 0 Å². The second kappa shape index (κ2) is 8.75. The summed E-state index contributed by atoms with van der Waals surface area (Å²) in [6.07, 6.45) is 0.801. The van der Waals surface area contributed by atoms with Gasteiger partial charge >= 0.3 is 5.97 Å². The van der Waals surface area contributed by atoms with E-state index in [9.17, 15) is 18.0 Å². The topological polar surface area (TPSA) is 92.8 Å². The van der Waals surface area contributed by atoms with E-state index in [1.54, 1.807) is 0 Å². The molecule has 1 N–H and O–H groups in total. The van der Waals surface area contributed by atoms with Gasteiger partial charge in [0.25, 0.3) is 5.91 Å². The van der Waals surface area contributed by atoms with E-state index in [4.69, 9.17) is 4.74 Å². The molecule has 154 valence electrons. The zero-order chi connectivity index (χ0) is 21.0. The molecular formula is C21H24N2O5S. The standard InChI is InChI=1S/C21H24N2O5S/c1-15-12-19(15)21(25)28-14-20(24)22-17-8-10-18(11-9-17)29(26,27)23(2)13-16-6-4-3-5-7-16/h3-11,15,19H,12-14H2,1-2H3,(H,22,24)/t15-,19+/m1/s1. The van der Waals surface area contributed by atoms with Crippen molar-refractivity contribution in [2.45, 2.75) is 24.8 Å². The number of sulfonamides is 1. The number of anilines is 1. The van der Waals surface area contributed by atoms with Gasteiger partial charge in [-0.15, -0.1) is 0 Å². The maximum Gasteiger partial charge on any atom is 0.309 e. The van der Waals surface area contributed by atoms with Gasteiger partial charge in [0.1, 0.15) is 0 Å². The number of rotatable bonds is 8. The van der Waals surface area contributed by atoms with Crippen LogP contribution in [0.4, 0.5) is 5.69 Å². The van der Waals surface area contributed by atoms with E-state index < -0.39 is 15.9 Å². The van der Waals surface area contributed by atoms with Crippen LogP contribution in [0.5, 0.6) is 0 Å². The van der Waals surface area contributed by atoms with Gasteiger partial charge in [-0.1, -0.05) is 37.3 Å². The van der Waals surface area contributed by atoms with Crippen LogP contribution in [0.3, 0.4) is 0 Å². The molecular weight excluding hydrogens is 392 g/mol. The third kappa shape index (κ3) is 5.42. The highest BCUT2D eigenvalue weighted by molar-refractivity contribution is 7.89. The molecule has 0 heterocycles. The molecule has 8 heteroatoms. The number of ether oxygens (including phenoxy) is 1. The van der Waals surface area contributed by atoms with E-state index in [0.29, 0.717) is 11.6 Å². The summed E-state index contributed by atoms with van der Waals surface area (Å²) in [5.74, 6) is -0.598. The van der Waals surface area contributed by atoms with Gasteiger partial charge in [-0.25, -0.2) is 8.42 Å². The molecule has 0 radical (unpaired) electrons. The first kappa shape index (κ1) is 21.0. The molecule has 0 aliphatic heterocycles. The van der Waals surface area contributed by atoms with Crippen LogP contribution in [0.15, 0.2) is 59.5 Å². The predicted octanol–water partition coefficient (Wildman–Crippen LogP) is 2.65. The van der Waals surface area contributed by atoms with Crippen LogP contribution in [0.2, 0.25) is 0 Å². The van der Waals surface area contributed by atoms with Crippen molar-refractivity contribution in [2.24, 2.45) is 11.8 Å². The van der Waals surface area contributed by atoms with Gasteiger partial charge in [0.05, 0.1) is 10.8 Å². The molecule has 29 heavy (non-hydrogen) atoms. The van der Waals surface area contributed by atoms with Gasteiger partial charge < -0.3 is 10.1 Å². The number of benzene rings is 2. The summed E-state index contributed by atoms with van der Waals surface area (Å²) >= 11 is 0. The lowest BCUT2D eigenvalue weighted by Gasteiger charge is -2.17. The summed E-state index contributed by atoms with van der Waals surface area (Å²) in [6.45, 7) is 1.85. The van der Waals surface area contributed by atoms with Gasteiger partial charge in [-0.05, 0) is 42.2 Å². The number of carbonyl (C=O) groups excluding carboxylic acids is 2. The molecule has 1 amide bonds. The molecule has 1 fully saturated rings. The van der Waals surface area contributed by atoms with Crippen molar-refractivity contribution in [3.63, 3.8) is 0 Å². The normalized spacial score (nSPS) is 18.3. The van der Waals surface area contributed by atoms with Crippen molar-refractivity contribution in [2.75, 3.05) is 19.0 Å². The Labute approximate surface area is 170 Å². The minimum atomic E-state index is -3.66. The average molecular weight is 416 g/mol. The number of carbonyl (C=O) groups is 2. The van der Waals surface area contributed by atoms with Crippen LogP contribution in [0, 0.1) is 11.8 Å². The lowest BCUT2D eigenvalue weighted by Crippen LogP contribution is -2.26. The zero-order valence-corrected chi connectivity index (χ0v) is 17.2. The van der Waals surface area contributed by atoms with Gasteiger partial charge in [-0.3, -0.25) is 9.59 Å². The fourth-order valence-corrected chi connectivity index (χ4v) is 4.07. The van der Waals surface area contributed by atoms with Gasteiger partial charge in [-0.2, -0.15) is 4.31 Å². The molecule has 0 saturated heterocycles. The first-order chi connectivity index (χ1) is 13.8. The summed E-state index contributed by atoms with van der Waals surface area (Å²) in [7, 11) is -2.14. The highest BCUT2D eigenvalue weighted by Gasteiger charge is 2.40. The summed E-state index contributed by atoms with van der Waals surface area (Å²) in [4.78, 5) is 23.7. The van der Waals surface area contributed by atoms with E-state index in [1.807, 2.05) is 37.3 Å². The molecule has 1 aliphatic rings. The fraction of sp³-hybridized carbons (Fsp3) is 0.333. The zero-order valence-electron chi connectivity index (χ0n) is 16.4. The van der Waals surface area contributed by atoms with Gasteiger partial charge in [0.15, 0.2) is 6.61 Å². The smallest absolute Gasteiger partial charge is 0.309 e. The molecule has 1 saturated carbocycles. The minimum Gasteiger partial charge on any atom is -0.455 e. The Morgan fingerprint density at radius 2 is 1.72 bits per heavy atom. The second-order valence-electron chi connectivity index (χ2n) is 7.25. The van der Waals surface area contributed by atoms with Crippen LogP contribution in [0.1, 0.15) is 18.9 Å². The van der Waals surface area contributed by atoms with Crippen molar-refractivity contribution >= 4 is 27.6 Å². The van der Waals surface area contributed by atoms with Crippen molar-refractivity contribution in [1.82, 2.24) is 4.31 Å². The summed E-state index contributed by atoms with van der Waals surface area (Å²) < 4.78 is 31.7. The van der Waals surface area contributed by atoms with E-state index in [0.717, 1.165) is 12.0 Å². The Balaban J connectivity index is 1.55. The second-order valence-corrected chi connectivity index (χ2v) is 9.29. The molecule has 1 aliphatic carbocycles. The Bertz CT molecular complexity index is 974. The lowest BCUT2D eigenvalue weighted by atomic mass is 10.2. The van der Waals surface area contributed by atoms with Crippen molar-refractivity contribution in [3.05, 3.63) is 60.2 Å². The van der Waals surface area contributed by atoms with Crippen LogP contribution in [-0.2, 0) is 30.9 Å². The average Bonchev–Trinajstić information content (AvgIpc) is 3.44. The number of hydrogen-bond donors (Lipinski definition) is 1. The van der Waals surface area contributed by atoms with Crippen LogP contribution in [-0.4, -0.2) is 38.3 Å². The molecule has 0 spiro atoms. The quantitative estimate of drug-likeness (QED) is 0.668. The molecule has 2 aromatic rings. The van der Waals surface area contributed by atoms with Gasteiger partial charge in [0, 0.05) is 19.3 Å². The van der Waals surface area contributed by atoms with E-state index in [-0.39, 0.29) is 29.9 Å². The lowest BCUT2D eigenvalue weighted by molar-refractivity contribution is -0.148. The Morgan fingerprint density at radius 1 is 1.10 bits per heavy atom. The van der Waals surface area contributed by atoms with Crippen molar-refractivity contribution in [1.29, 1.82) is 0 Å². The Kier molecular flexibility index (Phi) is 6.34. The third-order valence-electron chi connectivity index (χ3n) is 4.85. The summed E-state index contributed by atoms with van der Waals surface area (Å²) in [5.41, 5.74) is 1.31. The molecule has 2 atom stereocenters. The number of amides is 1. The number of hydrogen-bond acceptors (Lipinski definition) is 5. The molecule has 3 rings (SSSR count). The molecule has 7 nitrogen and oxygen atoms in total. The van der Waals surface area contributed by atoms with Crippen LogP contribution >= 0.6 is 0 Å². The number of nitrogens with zero attached hydrogens (tertiary/aromatic N) is 1. The van der Waals surface area contributed by atoms with Crippen molar-refractivity contribution < 1.29 is 22.7 Å². The predicted molar refractivity (Wildman–Crippen MR) is 108 cm³/mol. The van der Waals surface area contributed by atoms with E-state index in [2.05, 4.69) is 5.32 Å². The first-order valence-electron chi connectivity index (χ1n) is 9.34. The maximum absolute atomic E-state index is 12.7. The highest BCUT2D eigenvalue weighted by Crippen LogP contribution is 2.38. The molecule has 0 unspecified atom stereocenters. The largest absolute Gasteiger partial charge is 0.455 e. The summed E-state index contributed by atoms with van der Waals surface area (Å²) in [6, 6.07) is 15.2. The van der Waals surface area contributed by atoms with Crippen molar-refractivity contribution in [3.8, 4) is 0 Å². The Hall–Kier alpha value is -2.71. The maximum atomic E-state index is 12.7. The summed E-state index contributed by atoms with van der Waals surface area (Å²) in [5, 5.41) is 2.59. The van der Waals surface area contributed by atoms with Crippen LogP contribution < -0.4 is 5.32 Å².